The first-order valence-electron chi connectivity index (χ1n) is 5.36. The summed E-state index contributed by atoms with van der Waals surface area (Å²) in [5, 5.41) is 0.718. The van der Waals surface area contributed by atoms with Crippen LogP contribution in [-0.4, -0.2) is 7.05 Å². The molecule has 3 heteroatoms. The van der Waals surface area contributed by atoms with Gasteiger partial charge in [-0.2, -0.15) is 0 Å². The molecule has 0 fully saturated rings. The fraction of sp³-hybridized carbons (Fsp3) is 0.143. The van der Waals surface area contributed by atoms with Gasteiger partial charge in [-0.15, -0.1) is 0 Å². The molecule has 0 radical (unpaired) electrons. The molecule has 0 N–H and O–H groups in total. The van der Waals surface area contributed by atoms with Crippen molar-refractivity contribution in [3.05, 3.63) is 64.9 Å². The molecule has 0 saturated heterocycles. The van der Waals surface area contributed by atoms with Gasteiger partial charge in [0.15, 0.2) is 0 Å². The smallest absolute Gasteiger partial charge is 0.125 e. The van der Waals surface area contributed by atoms with Crippen LogP contribution in [0.2, 0.25) is 5.02 Å². The molecule has 2 aromatic carbocycles. The quantitative estimate of drug-likeness (QED) is 0.791. The van der Waals surface area contributed by atoms with E-state index >= 15 is 0 Å². The molecule has 0 aliphatic carbocycles. The van der Waals surface area contributed by atoms with Crippen LogP contribution in [0.1, 0.15) is 5.56 Å². The minimum atomic E-state index is -0.222. The summed E-state index contributed by atoms with van der Waals surface area (Å²) in [5.41, 5.74) is 1.95. The Hall–Kier alpha value is -1.54. The molecule has 0 atom stereocenters. The number of nitrogens with zero attached hydrogens (tertiary/aromatic N) is 1. The largest absolute Gasteiger partial charge is 0.370 e. The van der Waals surface area contributed by atoms with Gasteiger partial charge in [0.05, 0.1) is 0 Å². The molecule has 0 unspecified atom stereocenters. The molecule has 0 bridgehead atoms. The lowest BCUT2D eigenvalue weighted by molar-refractivity contribution is 0.627. The van der Waals surface area contributed by atoms with Crippen LogP contribution in [0.4, 0.5) is 10.1 Å². The molecule has 0 amide bonds. The summed E-state index contributed by atoms with van der Waals surface area (Å²) in [5.74, 6) is -0.222. The summed E-state index contributed by atoms with van der Waals surface area (Å²) in [6.45, 7) is 0.698. The fourth-order valence-electron chi connectivity index (χ4n) is 1.71. The number of hydrogen-bond acceptors (Lipinski definition) is 1. The molecule has 2 aromatic rings. The summed E-state index contributed by atoms with van der Waals surface area (Å²) in [7, 11) is 1.93. The molecule has 88 valence electrons. The maximum absolute atomic E-state index is 13.1. The van der Waals surface area contributed by atoms with Crippen molar-refractivity contribution in [2.75, 3.05) is 11.9 Å². The van der Waals surface area contributed by atoms with E-state index in [9.17, 15) is 4.39 Å². The van der Waals surface area contributed by atoms with Crippen molar-refractivity contribution in [1.82, 2.24) is 0 Å². The molecule has 2 rings (SSSR count). The molecule has 0 heterocycles. The first kappa shape index (κ1) is 11.9. The van der Waals surface area contributed by atoms with E-state index in [-0.39, 0.29) is 5.82 Å². The van der Waals surface area contributed by atoms with Crippen molar-refractivity contribution in [3.8, 4) is 0 Å². The van der Waals surface area contributed by atoms with Gasteiger partial charge in [0.2, 0.25) is 0 Å². The summed E-state index contributed by atoms with van der Waals surface area (Å²) in [6.07, 6.45) is 0. The summed E-state index contributed by atoms with van der Waals surface area (Å²) >= 11 is 5.92. The normalized spacial score (nSPS) is 10.3. The molecular weight excluding hydrogens is 237 g/mol. The molecule has 0 aliphatic heterocycles. The van der Waals surface area contributed by atoms with E-state index in [1.807, 2.05) is 42.3 Å². The third-order valence-electron chi connectivity index (χ3n) is 2.56. The highest BCUT2D eigenvalue weighted by atomic mass is 35.5. The molecule has 0 spiro atoms. The van der Waals surface area contributed by atoms with E-state index in [0.717, 1.165) is 16.3 Å². The van der Waals surface area contributed by atoms with Crippen molar-refractivity contribution in [3.63, 3.8) is 0 Å². The zero-order chi connectivity index (χ0) is 12.3. The van der Waals surface area contributed by atoms with Gasteiger partial charge in [-0.3, -0.25) is 0 Å². The Bertz CT molecular complexity index is 513. The highest BCUT2D eigenvalue weighted by Gasteiger charge is 2.03. The van der Waals surface area contributed by atoms with E-state index in [1.165, 1.54) is 12.1 Å². The Labute approximate surface area is 105 Å². The Morgan fingerprint density at radius 3 is 2.59 bits per heavy atom. The van der Waals surface area contributed by atoms with E-state index in [4.69, 9.17) is 11.6 Å². The average Bonchev–Trinajstić information content (AvgIpc) is 2.29. The van der Waals surface area contributed by atoms with Crippen LogP contribution in [0.5, 0.6) is 0 Å². The predicted octanol–water partition coefficient (Wildman–Crippen LogP) is 4.12. The van der Waals surface area contributed by atoms with Crippen LogP contribution in [0.3, 0.4) is 0 Å². The Kier molecular flexibility index (Phi) is 3.64. The van der Waals surface area contributed by atoms with Gasteiger partial charge < -0.3 is 4.90 Å². The van der Waals surface area contributed by atoms with E-state index in [0.29, 0.717) is 6.54 Å². The molecular formula is C14H13ClFN. The molecule has 0 aromatic heterocycles. The van der Waals surface area contributed by atoms with Gasteiger partial charge in [-0.05, 0) is 35.9 Å². The minimum absolute atomic E-state index is 0.222. The number of benzene rings is 2. The molecule has 0 saturated carbocycles. The van der Waals surface area contributed by atoms with Crippen molar-refractivity contribution in [2.24, 2.45) is 0 Å². The Morgan fingerprint density at radius 1 is 1.12 bits per heavy atom. The van der Waals surface area contributed by atoms with Crippen LogP contribution in [-0.2, 0) is 6.54 Å². The first-order valence-corrected chi connectivity index (χ1v) is 5.74. The first-order chi connectivity index (χ1) is 8.15. The molecule has 1 nitrogen and oxygen atoms in total. The number of rotatable bonds is 3. The predicted molar refractivity (Wildman–Crippen MR) is 70.0 cm³/mol. The zero-order valence-electron chi connectivity index (χ0n) is 9.53. The second kappa shape index (κ2) is 5.19. The van der Waals surface area contributed by atoms with Crippen LogP contribution < -0.4 is 4.90 Å². The second-order valence-electron chi connectivity index (χ2n) is 3.97. The van der Waals surface area contributed by atoms with Gasteiger partial charge >= 0.3 is 0 Å². The maximum atomic E-state index is 13.1. The number of halogens is 2. The van der Waals surface area contributed by atoms with Gasteiger partial charge in [-0.1, -0.05) is 29.8 Å². The van der Waals surface area contributed by atoms with Crippen LogP contribution in [0.15, 0.2) is 48.5 Å². The van der Waals surface area contributed by atoms with Crippen LogP contribution >= 0.6 is 11.6 Å². The third-order valence-corrected chi connectivity index (χ3v) is 2.79. The highest BCUT2D eigenvalue weighted by Crippen LogP contribution is 2.18. The standard InChI is InChI=1S/C14H13ClFN/c1-17(14-7-3-6-13(16)9-14)10-11-4-2-5-12(15)8-11/h2-9H,10H2,1H3. The lowest BCUT2D eigenvalue weighted by Gasteiger charge is -2.19. The summed E-state index contributed by atoms with van der Waals surface area (Å²) < 4.78 is 13.1. The molecule has 17 heavy (non-hydrogen) atoms. The summed E-state index contributed by atoms with van der Waals surface area (Å²) in [6, 6.07) is 14.2. The number of anilines is 1. The van der Waals surface area contributed by atoms with Crippen LogP contribution in [0.25, 0.3) is 0 Å². The fourth-order valence-corrected chi connectivity index (χ4v) is 1.93. The lowest BCUT2D eigenvalue weighted by Crippen LogP contribution is -2.16. The van der Waals surface area contributed by atoms with Gasteiger partial charge in [0.1, 0.15) is 5.82 Å². The van der Waals surface area contributed by atoms with Gasteiger partial charge in [0.25, 0.3) is 0 Å². The SMILES string of the molecule is CN(Cc1cccc(Cl)c1)c1cccc(F)c1. The Morgan fingerprint density at radius 2 is 1.88 bits per heavy atom. The summed E-state index contributed by atoms with van der Waals surface area (Å²) in [4.78, 5) is 1.98. The zero-order valence-corrected chi connectivity index (χ0v) is 10.3. The van der Waals surface area contributed by atoms with Crippen molar-refractivity contribution in [2.45, 2.75) is 6.54 Å². The monoisotopic (exact) mass is 249 g/mol. The lowest BCUT2D eigenvalue weighted by atomic mass is 10.2. The van der Waals surface area contributed by atoms with Gasteiger partial charge in [0, 0.05) is 24.3 Å². The van der Waals surface area contributed by atoms with Gasteiger partial charge in [-0.25, -0.2) is 4.39 Å². The van der Waals surface area contributed by atoms with E-state index in [1.54, 1.807) is 6.07 Å². The average molecular weight is 250 g/mol. The molecule has 0 aliphatic rings. The second-order valence-corrected chi connectivity index (χ2v) is 4.40. The number of hydrogen-bond donors (Lipinski definition) is 0. The van der Waals surface area contributed by atoms with Crippen molar-refractivity contribution < 1.29 is 4.39 Å². The Balaban J connectivity index is 2.14. The maximum Gasteiger partial charge on any atom is 0.125 e. The third kappa shape index (κ3) is 3.21. The minimum Gasteiger partial charge on any atom is -0.370 e. The van der Waals surface area contributed by atoms with Crippen molar-refractivity contribution in [1.29, 1.82) is 0 Å². The van der Waals surface area contributed by atoms with Crippen molar-refractivity contribution >= 4 is 17.3 Å². The topological polar surface area (TPSA) is 3.24 Å². The van der Waals surface area contributed by atoms with E-state index in [2.05, 4.69) is 0 Å². The van der Waals surface area contributed by atoms with E-state index < -0.39 is 0 Å². The highest BCUT2D eigenvalue weighted by molar-refractivity contribution is 6.30. The van der Waals surface area contributed by atoms with Crippen LogP contribution in [0, 0.1) is 5.82 Å².